The van der Waals surface area contributed by atoms with Gasteiger partial charge in [-0.3, -0.25) is 0 Å². The fourth-order valence-corrected chi connectivity index (χ4v) is 1.53. The van der Waals surface area contributed by atoms with Crippen LogP contribution in [-0.4, -0.2) is 11.5 Å². The molecule has 15 heavy (non-hydrogen) atoms. The van der Waals surface area contributed by atoms with Crippen LogP contribution in [-0.2, 0) is 0 Å². The first-order valence-corrected chi connectivity index (χ1v) is 4.89. The Kier molecular flexibility index (Phi) is 2.51. The zero-order valence-corrected chi connectivity index (χ0v) is 8.49. The summed E-state index contributed by atoms with van der Waals surface area (Å²) in [6.45, 7) is 2.87. The van der Waals surface area contributed by atoms with Gasteiger partial charge in [-0.1, -0.05) is 6.07 Å². The van der Waals surface area contributed by atoms with Crippen LogP contribution in [0, 0.1) is 11.3 Å². The summed E-state index contributed by atoms with van der Waals surface area (Å²) in [5.41, 5.74) is 1.52. The molecule has 0 bridgehead atoms. The molecule has 0 aliphatic rings. The first-order chi connectivity index (χ1) is 7.35. The van der Waals surface area contributed by atoms with Gasteiger partial charge >= 0.3 is 0 Å². The predicted octanol–water partition coefficient (Wildman–Crippen LogP) is 2.54. The maximum Gasteiger partial charge on any atom is 0.126 e. The minimum Gasteiger partial charge on any atom is -0.370 e. The fraction of sp³-hybridized carbons (Fsp3) is 0.167. The van der Waals surface area contributed by atoms with E-state index in [-0.39, 0.29) is 0 Å². The van der Waals surface area contributed by atoms with Crippen molar-refractivity contribution in [2.45, 2.75) is 6.92 Å². The third-order valence-corrected chi connectivity index (χ3v) is 2.21. The number of nitrogens with one attached hydrogen (secondary N) is 1. The summed E-state index contributed by atoms with van der Waals surface area (Å²) < 4.78 is 0. The van der Waals surface area contributed by atoms with E-state index in [1.807, 2.05) is 31.2 Å². The zero-order valence-electron chi connectivity index (χ0n) is 8.49. The van der Waals surface area contributed by atoms with Crippen molar-refractivity contribution < 1.29 is 0 Å². The van der Waals surface area contributed by atoms with Crippen molar-refractivity contribution in [1.29, 1.82) is 5.26 Å². The summed E-state index contributed by atoms with van der Waals surface area (Å²) in [5, 5.41) is 13.0. The van der Waals surface area contributed by atoms with Gasteiger partial charge in [0.25, 0.3) is 0 Å². The van der Waals surface area contributed by atoms with Gasteiger partial charge in [0.15, 0.2) is 0 Å². The molecule has 3 heteroatoms. The summed E-state index contributed by atoms with van der Waals surface area (Å²) in [4.78, 5) is 4.41. The molecule has 0 fully saturated rings. The Hall–Kier alpha value is -2.08. The number of hydrogen-bond donors (Lipinski definition) is 1. The van der Waals surface area contributed by atoms with Crippen molar-refractivity contribution in [2.75, 3.05) is 11.9 Å². The molecule has 3 nitrogen and oxygen atoms in total. The molecule has 0 atom stereocenters. The van der Waals surface area contributed by atoms with E-state index < -0.39 is 0 Å². The first kappa shape index (κ1) is 9.47. The van der Waals surface area contributed by atoms with Gasteiger partial charge in [-0.05, 0) is 31.2 Å². The van der Waals surface area contributed by atoms with Crippen LogP contribution in [0.4, 0.5) is 5.82 Å². The molecule has 0 unspecified atom stereocenters. The summed E-state index contributed by atoms with van der Waals surface area (Å²) >= 11 is 0. The van der Waals surface area contributed by atoms with Crippen molar-refractivity contribution in [2.24, 2.45) is 0 Å². The van der Waals surface area contributed by atoms with Crippen LogP contribution >= 0.6 is 0 Å². The molecule has 0 aliphatic carbocycles. The SMILES string of the molecule is CCNc1ccc2c(C#N)cccc2n1. The number of nitriles is 1. The lowest BCUT2D eigenvalue weighted by Gasteiger charge is -2.04. The summed E-state index contributed by atoms with van der Waals surface area (Å²) in [5.74, 6) is 0.847. The molecule has 1 heterocycles. The molecule has 1 aromatic heterocycles. The lowest BCUT2D eigenvalue weighted by molar-refractivity contribution is 1.17. The smallest absolute Gasteiger partial charge is 0.126 e. The summed E-state index contributed by atoms with van der Waals surface area (Å²) in [6, 6.07) is 11.6. The second-order valence-corrected chi connectivity index (χ2v) is 3.21. The van der Waals surface area contributed by atoms with E-state index in [1.165, 1.54) is 0 Å². The van der Waals surface area contributed by atoms with Crippen LogP contribution < -0.4 is 5.32 Å². The minimum atomic E-state index is 0.669. The molecule has 74 valence electrons. The van der Waals surface area contributed by atoms with Crippen molar-refractivity contribution >= 4 is 16.7 Å². The van der Waals surface area contributed by atoms with Gasteiger partial charge in [-0.2, -0.15) is 5.26 Å². The van der Waals surface area contributed by atoms with E-state index in [2.05, 4.69) is 16.4 Å². The molecule has 0 spiro atoms. The maximum absolute atomic E-state index is 8.91. The molecule has 1 aromatic carbocycles. The number of aromatic nitrogens is 1. The summed E-state index contributed by atoms with van der Waals surface area (Å²) in [6.07, 6.45) is 0. The molecule has 0 aliphatic heterocycles. The number of benzene rings is 1. The van der Waals surface area contributed by atoms with Crippen molar-refractivity contribution in [3.63, 3.8) is 0 Å². The van der Waals surface area contributed by atoms with E-state index in [0.29, 0.717) is 5.56 Å². The number of nitrogens with zero attached hydrogens (tertiary/aromatic N) is 2. The predicted molar refractivity (Wildman–Crippen MR) is 60.6 cm³/mol. The third kappa shape index (κ3) is 1.75. The number of fused-ring (bicyclic) bond motifs is 1. The van der Waals surface area contributed by atoms with Crippen molar-refractivity contribution in [3.05, 3.63) is 35.9 Å². The Morgan fingerprint density at radius 2 is 2.20 bits per heavy atom. The Morgan fingerprint density at radius 1 is 1.33 bits per heavy atom. The van der Waals surface area contributed by atoms with Crippen LogP contribution in [0.15, 0.2) is 30.3 Å². The van der Waals surface area contributed by atoms with Gasteiger partial charge in [0, 0.05) is 11.9 Å². The highest BCUT2D eigenvalue weighted by molar-refractivity contribution is 5.85. The number of hydrogen-bond acceptors (Lipinski definition) is 3. The zero-order chi connectivity index (χ0) is 10.7. The van der Waals surface area contributed by atoms with Gasteiger partial charge in [-0.25, -0.2) is 4.98 Å². The topological polar surface area (TPSA) is 48.7 Å². The van der Waals surface area contributed by atoms with Gasteiger partial charge in [0.1, 0.15) is 5.82 Å². The molecule has 0 saturated heterocycles. The molecule has 2 rings (SSSR count). The Balaban J connectivity index is 2.60. The molecule has 0 saturated carbocycles. The van der Waals surface area contributed by atoms with Crippen LogP contribution in [0.3, 0.4) is 0 Å². The number of anilines is 1. The fourth-order valence-electron chi connectivity index (χ4n) is 1.53. The van der Waals surface area contributed by atoms with Crippen LogP contribution in [0.2, 0.25) is 0 Å². The quantitative estimate of drug-likeness (QED) is 0.804. The van der Waals surface area contributed by atoms with Crippen molar-refractivity contribution in [1.82, 2.24) is 4.98 Å². The van der Waals surface area contributed by atoms with Gasteiger partial charge in [-0.15, -0.1) is 0 Å². The van der Waals surface area contributed by atoms with E-state index in [1.54, 1.807) is 6.07 Å². The van der Waals surface area contributed by atoms with E-state index >= 15 is 0 Å². The highest BCUT2D eigenvalue weighted by atomic mass is 15.0. The molecule has 0 amide bonds. The molecule has 1 N–H and O–H groups in total. The molecule has 2 aromatic rings. The standard InChI is InChI=1S/C12H11N3/c1-2-14-12-7-6-10-9(8-13)4-3-5-11(10)15-12/h3-7H,2H2,1H3,(H,14,15). The average Bonchev–Trinajstić information content (AvgIpc) is 2.28. The van der Waals surface area contributed by atoms with E-state index in [0.717, 1.165) is 23.3 Å². The van der Waals surface area contributed by atoms with Crippen LogP contribution in [0.5, 0.6) is 0 Å². The monoisotopic (exact) mass is 197 g/mol. The van der Waals surface area contributed by atoms with Crippen LogP contribution in [0.1, 0.15) is 12.5 Å². The van der Waals surface area contributed by atoms with Gasteiger partial charge in [0.05, 0.1) is 17.1 Å². The lowest BCUT2D eigenvalue weighted by Crippen LogP contribution is -1.98. The third-order valence-electron chi connectivity index (χ3n) is 2.21. The first-order valence-electron chi connectivity index (χ1n) is 4.89. The van der Waals surface area contributed by atoms with Gasteiger partial charge < -0.3 is 5.32 Å². The Morgan fingerprint density at radius 3 is 2.93 bits per heavy atom. The van der Waals surface area contributed by atoms with E-state index in [4.69, 9.17) is 5.26 Å². The number of rotatable bonds is 2. The Labute approximate surface area is 88.4 Å². The summed E-state index contributed by atoms with van der Waals surface area (Å²) in [7, 11) is 0. The highest BCUT2D eigenvalue weighted by Gasteiger charge is 2.01. The maximum atomic E-state index is 8.91. The van der Waals surface area contributed by atoms with Crippen molar-refractivity contribution in [3.8, 4) is 6.07 Å². The molecule has 0 radical (unpaired) electrons. The lowest BCUT2D eigenvalue weighted by atomic mass is 10.1. The molecular formula is C12H11N3. The number of pyridine rings is 1. The van der Waals surface area contributed by atoms with E-state index in [9.17, 15) is 0 Å². The minimum absolute atomic E-state index is 0.669. The highest BCUT2D eigenvalue weighted by Crippen LogP contribution is 2.18. The largest absolute Gasteiger partial charge is 0.370 e. The Bertz CT molecular complexity index is 526. The molecular weight excluding hydrogens is 186 g/mol. The van der Waals surface area contributed by atoms with Crippen LogP contribution in [0.25, 0.3) is 10.9 Å². The second-order valence-electron chi connectivity index (χ2n) is 3.21. The average molecular weight is 197 g/mol. The normalized spacial score (nSPS) is 9.87. The second kappa shape index (κ2) is 3.97. The van der Waals surface area contributed by atoms with Gasteiger partial charge in [0.2, 0.25) is 0 Å².